The Hall–Kier alpha value is -10.9. The Balaban J connectivity index is 0.000000273. The Bertz CT molecular complexity index is 10300. The van der Waals surface area contributed by atoms with E-state index in [9.17, 15) is 28.9 Å². The first kappa shape index (κ1) is 38.7. The van der Waals surface area contributed by atoms with Crippen LogP contribution in [0.2, 0.25) is 20.6 Å². The van der Waals surface area contributed by atoms with E-state index in [2.05, 4.69) is 15.0 Å². The average Bonchev–Trinajstić information content (AvgIpc) is 1.52. The van der Waals surface area contributed by atoms with Crippen molar-refractivity contribution in [2.45, 2.75) is 54.1 Å². The van der Waals surface area contributed by atoms with Crippen molar-refractivity contribution >= 4 is 191 Å². The zero-order chi connectivity index (χ0) is 133. The standard InChI is InChI=1S/C47H30N4.C23H14Cl2N2.C18H14BNO2.C5H2Cl2IN.C4H9O.2C2H6.Na.4H2/c1-8-22-39(49-40-23-9-2-16-33(40)34-17-3-10-24-41(34)49)32(15-1)31-29-46(50-42-25-11-4-18-35(42)36-19-5-12-26-43(36)50)48-47(30-31)51-44-27-13-6-20-37(44)38-21-7-14-28-45(38)51;24-22-13-15(14-23(25)26-22)16-7-1-4-10-19(16)27-20-11-5-2-8-17(20)18-9-3-6-12-21(18)27;21-19(22)15-9-3-6-12-18(15)20-16-10-4-1-7-13(16)14-8-2-5-11-17(14)20;6-4-1-3(8)2-5(7)9-4;1-4(2,3)5;2*1-2;;;;;/h1-30H;1-14H;1-12,21-22H;1-2H;1-3H3;2*1-2H3;;4*1H/q;;;;-1;;;+1;;;;/i1D,2D,3D,4D,5D,6D,7D,8D,9D,10D,11D,12D,13D,14D,15D,16D,17D,18D,19D,20D,21D,22D,23D,24D,25D,26D,27D,28D,29D,30D;1D,2D,3D,4D,5D,6D,7D,8D,9D,10D,11D,12D,13D,14D;1D,2D,3D,4D,5D,6D,7D,8D,9D,10D,11D,12D;1D,2D;;;;;1+1;;;. The van der Waals surface area contributed by atoms with Crippen molar-refractivity contribution in [1.82, 2.24) is 37.8 Å². The third-order valence-corrected chi connectivity index (χ3v) is 17.3. The second kappa shape index (κ2) is 37.6. The van der Waals surface area contributed by atoms with Gasteiger partial charge in [-0.05, 0) is 149 Å². The van der Waals surface area contributed by atoms with Crippen LogP contribution in [0.3, 0.4) is 0 Å². The van der Waals surface area contributed by atoms with Crippen molar-refractivity contribution < 1.29 is 130 Å². The number of halogens is 5. The van der Waals surface area contributed by atoms with E-state index in [0.29, 0.717) is 17.3 Å². The number of rotatable bonds is 8. The Labute approximate surface area is 834 Å². The largest absolute Gasteiger partial charge is 1.00 e. The van der Waals surface area contributed by atoms with Gasteiger partial charge in [0, 0.05) is 85.4 Å². The summed E-state index contributed by atoms with van der Waals surface area (Å²) in [5, 5.41) is 24.4. The quantitative estimate of drug-likeness (QED) is 0.0886. The fraction of sp³-hybridized carbons (Fsp3) is 0.0792. The maximum Gasteiger partial charge on any atom is 1.00 e. The zero-order valence-corrected chi connectivity index (χ0v) is 69.5. The van der Waals surface area contributed by atoms with Gasteiger partial charge in [0.2, 0.25) is 0 Å². The first-order valence-corrected chi connectivity index (χ1v) is 37.0. The average molecular weight is 1820 g/mol. The first-order valence-electron chi connectivity index (χ1n) is 63.4. The summed E-state index contributed by atoms with van der Waals surface area (Å²) in [4.78, 5) is 11.9. The normalized spacial score (nSPS) is 17.9. The molecule has 0 aliphatic carbocycles. The number of pyridine rings is 3. The minimum absolute atomic E-state index is 0. The summed E-state index contributed by atoms with van der Waals surface area (Å²) in [7, 11) is -2.45. The van der Waals surface area contributed by atoms with E-state index in [4.69, 9.17) is 112 Å². The topological polar surface area (TPSA) is 127 Å². The molecule has 11 nitrogen and oxygen atoms in total. The van der Waals surface area contributed by atoms with Gasteiger partial charge in [-0.3, -0.25) is 9.13 Å². The third-order valence-electron chi connectivity index (χ3n) is 16.0. The van der Waals surface area contributed by atoms with Crippen molar-refractivity contribution in [3.63, 3.8) is 0 Å². The van der Waals surface area contributed by atoms with Crippen LogP contribution in [0, 0.1) is 3.57 Å². The Morgan fingerprint density at radius 3 is 0.790 bits per heavy atom. The van der Waals surface area contributed by atoms with Gasteiger partial charge in [0.25, 0.3) is 0 Å². The van der Waals surface area contributed by atoms with Gasteiger partial charge < -0.3 is 28.9 Å². The summed E-state index contributed by atoms with van der Waals surface area (Å²) in [6, 6.07) is -47.7. The smallest absolute Gasteiger partial charge is 0.850 e. The molecule has 119 heavy (non-hydrogen) atoms. The molecule has 2 N–H and O–H groups in total. The van der Waals surface area contributed by atoms with E-state index in [1.54, 1.807) is 20.8 Å². The van der Waals surface area contributed by atoms with Crippen molar-refractivity contribution in [2.75, 3.05) is 0 Å². The molecule has 0 spiro atoms. The number of aromatic nitrogens is 8. The van der Waals surface area contributed by atoms with Crippen molar-refractivity contribution in [2.24, 2.45) is 0 Å². The molecule has 0 saturated heterocycles. The van der Waals surface area contributed by atoms with E-state index in [-0.39, 0.29) is 79.2 Å². The van der Waals surface area contributed by atoms with Crippen molar-refractivity contribution in [3.8, 4) is 51.0 Å². The van der Waals surface area contributed by atoms with E-state index >= 15 is 0 Å². The SMILES string of the molecule is CC.CC.CC(C)(C)[O-].[2HH].[2H]c1c(Cl)nc(Cl)c([2H])c1I.[2H]c1c([2H])c([2H])c(-n2c3c([2H])c([2H])c([2H])c([2H])c3c3c([2H])c([2H])c([2H])c([2H])c32)c(-c2c([2H])c(-n3c4c([2H])c([2H])c([2H])c([2H])c4c4c([2H])c([2H])c([2H])c([2H])c43)nc(-n3c4c([2H])c([2H])c([2H])c([2H])c4c4c([2H])c([2H])c([2H])c([2H])c43)c2[2H])c1[2H].[2H]c1c([2H])c([2H])c(-n2c3c([2H])c([2H])c([2H])c([2H])c3c3c([2H])c([2H])c([2H])c([2H])c32)c(-c2c([2H])c(Cl)nc(Cl)c2[2H])c1[2H].[2H]c1c([2H])c([2H])c(-n2c3c([2H])c([2H])c([2H])c([2H])c3c3c([2H])c([2H])c([2H])c([2H])c32)c(B(O)O)c1[2H].[HH].[HH].[HH].[Na+]. The molecular formula is C101H89BCl4IN8NaO3. The van der Waals surface area contributed by atoms with Crippen molar-refractivity contribution in [1.29, 1.82) is 0 Å². The van der Waals surface area contributed by atoms with Gasteiger partial charge in [0.1, 0.15) is 32.2 Å². The molecule has 8 heterocycles. The molecule has 21 rings (SSSR count). The van der Waals surface area contributed by atoms with Crippen LogP contribution < -0.4 is 40.1 Å². The molecule has 590 valence electrons. The first-order chi connectivity index (χ1) is 81.6. The Morgan fingerprint density at radius 1 is 0.319 bits per heavy atom. The summed E-state index contributed by atoms with van der Waals surface area (Å²) in [5.74, 6) is -2.07. The van der Waals surface area contributed by atoms with Crippen LogP contribution in [0.4, 0.5) is 0 Å². The van der Waals surface area contributed by atoms with Crippen LogP contribution in [0.5, 0.6) is 0 Å². The Morgan fingerprint density at radius 2 is 0.521 bits per heavy atom. The van der Waals surface area contributed by atoms with Gasteiger partial charge in [0.05, 0.1) is 146 Å². The predicted molar refractivity (Wildman–Crippen MR) is 515 cm³/mol. The summed E-state index contributed by atoms with van der Waals surface area (Å²) in [5.41, 5.74) is -12.6. The number of nitrogens with zero attached hydrogens (tertiary/aromatic N) is 8. The molecule has 0 unspecified atom stereocenters. The van der Waals surface area contributed by atoms with Gasteiger partial charge in [-0.1, -0.05) is 331 Å². The number of fused-ring (bicyclic) bond motifs is 15. The van der Waals surface area contributed by atoms with E-state index < -0.39 is 505 Å². The van der Waals surface area contributed by atoms with Crippen LogP contribution in [0.15, 0.2) is 350 Å². The van der Waals surface area contributed by atoms with Crippen LogP contribution >= 0.6 is 69.0 Å². The van der Waals surface area contributed by atoms with Crippen molar-refractivity contribution in [3.05, 3.63) is 375 Å². The van der Waals surface area contributed by atoms with Gasteiger partial charge in [0.15, 0.2) is 0 Å². The second-order valence-electron chi connectivity index (χ2n) is 24.1. The second-order valence-corrected chi connectivity index (χ2v) is 26.6. The molecule has 0 fully saturated rings. The monoisotopic (exact) mass is 1820 g/mol. The summed E-state index contributed by atoms with van der Waals surface area (Å²) < 4.78 is 509. The van der Waals surface area contributed by atoms with Crippen LogP contribution in [-0.4, -0.2) is 60.6 Å². The number of para-hydroxylation sites is 13. The fourth-order valence-electron chi connectivity index (χ4n) is 11.8. The van der Waals surface area contributed by atoms with Gasteiger partial charge >= 0.3 is 36.7 Å². The molecule has 13 aromatic carbocycles. The number of hydrogen-bond acceptors (Lipinski definition) is 6. The molecule has 0 radical (unpaired) electrons. The molecule has 8 aromatic heterocycles. The molecule has 0 atom stereocenters. The minimum atomic E-state index is -2.45. The molecular weight excluding hydrogens is 1680 g/mol. The Kier molecular flexibility index (Phi) is 12.2. The van der Waals surface area contributed by atoms with Crippen LogP contribution in [0.25, 0.3) is 160 Å². The maximum absolute atomic E-state index is 10.3. The van der Waals surface area contributed by atoms with E-state index in [0.717, 1.165) is 9.13 Å². The molecule has 0 amide bonds. The zero-order valence-electron chi connectivity index (χ0n) is 120. The van der Waals surface area contributed by atoms with Crippen LogP contribution in [0.1, 0.15) is 134 Å². The molecule has 21 aromatic rings. The van der Waals surface area contributed by atoms with E-state index in [1.807, 2.05) is 50.3 Å². The summed E-state index contributed by atoms with van der Waals surface area (Å²) in [6.45, 7) is 12.9. The third kappa shape index (κ3) is 17.5. The molecule has 0 aliphatic heterocycles. The maximum atomic E-state index is 10.3. The van der Waals surface area contributed by atoms with E-state index in [1.165, 1.54) is 0 Å². The predicted octanol–water partition coefficient (Wildman–Crippen LogP) is 24.8. The van der Waals surface area contributed by atoms with Crippen LogP contribution in [-0.2, 0) is 0 Å². The summed E-state index contributed by atoms with van der Waals surface area (Å²) in [6.07, 6.45) is 0. The minimum Gasteiger partial charge on any atom is -0.850 e. The summed E-state index contributed by atoms with van der Waals surface area (Å²) >= 11 is 25.0. The van der Waals surface area contributed by atoms with Gasteiger partial charge in [-0.25, -0.2) is 15.0 Å². The molecule has 0 bridgehead atoms. The number of benzene rings is 13. The number of hydrogen-bond donors (Lipinski definition) is 2. The van der Waals surface area contributed by atoms with Gasteiger partial charge in [-0.15, -0.1) is 5.60 Å². The molecule has 0 saturated carbocycles. The fourth-order valence-corrected chi connectivity index (χ4v) is 13.4. The molecule has 18 heteroatoms. The van der Waals surface area contributed by atoms with Gasteiger partial charge in [-0.2, -0.15) is 0 Å². The molecule has 0 aliphatic rings.